The molecule has 19 heavy (non-hydrogen) atoms. The number of pyridine rings is 1. The zero-order valence-corrected chi connectivity index (χ0v) is 12.3. The Kier molecular flexibility index (Phi) is 3.25. The van der Waals surface area contributed by atoms with Crippen LogP contribution in [0, 0.1) is 12.8 Å². The molecule has 1 aromatic heterocycles. The molecule has 0 amide bonds. The molecule has 1 aliphatic carbocycles. The summed E-state index contributed by atoms with van der Waals surface area (Å²) in [6.07, 6.45) is 7.89. The summed E-state index contributed by atoms with van der Waals surface area (Å²) in [5.74, 6) is 0.866. The molecule has 1 aliphatic heterocycles. The van der Waals surface area contributed by atoms with E-state index in [1.165, 1.54) is 30.5 Å². The monoisotopic (exact) mass is 259 g/mol. The Labute approximate surface area is 116 Å². The van der Waals surface area contributed by atoms with E-state index < -0.39 is 0 Å². The van der Waals surface area contributed by atoms with Gasteiger partial charge in [-0.15, -0.1) is 0 Å². The van der Waals surface area contributed by atoms with Crippen molar-refractivity contribution >= 4 is 5.69 Å². The maximum Gasteiger partial charge on any atom is 0.0586 e. The number of rotatable bonds is 3. The molecule has 1 aromatic rings. The first kappa shape index (κ1) is 12.9. The molecule has 0 spiro atoms. The van der Waals surface area contributed by atoms with Crippen LogP contribution in [0.1, 0.15) is 38.7 Å². The maximum atomic E-state index is 4.34. The standard InChI is InChI=1S/C16H25N3/c1-4-14-9-18-16(3,13-5-6-13)11-19(14)15-10-17-8-7-12(15)2/h7-8,10,13-14,18H,4-6,9,11H2,1-3H3. The molecule has 2 atom stereocenters. The van der Waals surface area contributed by atoms with Crippen LogP contribution in [0.15, 0.2) is 18.5 Å². The van der Waals surface area contributed by atoms with Crippen LogP contribution in [0.2, 0.25) is 0 Å². The van der Waals surface area contributed by atoms with E-state index in [1.807, 2.05) is 12.4 Å². The summed E-state index contributed by atoms with van der Waals surface area (Å²) >= 11 is 0. The normalized spacial score (nSPS) is 31.5. The van der Waals surface area contributed by atoms with Gasteiger partial charge in [-0.25, -0.2) is 0 Å². The van der Waals surface area contributed by atoms with Gasteiger partial charge in [0.15, 0.2) is 0 Å². The second kappa shape index (κ2) is 4.78. The lowest BCUT2D eigenvalue weighted by atomic mass is 9.90. The van der Waals surface area contributed by atoms with Crippen LogP contribution in [0.5, 0.6) is 0 Å². The third-order valence-corrected chi connectivity index (χ3v) is 4.95. The van der Waals surface area contributed by atoms with Crippen LogP contribution in [-0.2, 0) is 0 Å². The molecule has 1 saturated carbocycles. The summed E-state index contributed by atoms with van der Waals surface area (Å²) in [7, 11) is 0. The highest BCUT2D eigenvalue weighted by Crippen LogP contribution is 2.42. The van der Waals surface area contributed by atoms with Gasteiger partial charge < -0.3 is 10.2 Å². The van der Waals surface area contributed by atoms with E-state index in [9.17, 15) is 0 Å². The topological polar surface area (TPSA) is 28.2 Å². The van der Waals surface area contributed by atoms with Crippen molar-refractivity contribution in [1.82, 2.24) is 10.3 Å². The first-order valence-corrected chi connectivity index (χ1v) is 7.56. The molecule has 0 aromatic carbocycles. The summed E-state index contributed by atoms with van der Waals surface area (Å²) < 4.78 is 0. The Morgan fingerprint density at radius 2 is 2.26 bits per heavy atom. The maximum absolute atomic E-state index is 4.34. The number of piperazine rings is 1. The fourth-order valence-electron chi connectivity index (χ4n) is 3.40. The van der Waals surface area contributed by atoms with Crippen molar-refractivity contribution in [2.24, 2.45) is 5.92 Å². The van der Waals surface area contributed by atoms with Gasteiger partial charge in [0.2, 0.25) is 0 Å². The minimum Gasteiger partial charge on any atom is -0.364 e. The van der Waals surface area contributed by atoms with Crippen molar-refractivity contribution in [3.63, 3.8) is 0 Å². The molecule has 1 saturated heterocycles. The predicted molar refractivity (Wildman–Crippen MR) is 79.5 cm³/mol. The number of aryl methyl sites for hydroxylation is 1. The summed E-state index contributed by atoms with van der Waals surface area (Å²) in [5, 5.41) is 3.82. The van der Waals surface area contributed by atoms with E-state index in [-0.39, 0.29) is 5.54 Å². The quantitative estimate of drug-likeness (QED) is 0.904. The Hall–Kier alpha value is -1.09. The zero-order chi connectivity index (χ0) is 13.5. The lowest BCUT2D eigenvalue weighted by molar-refractivity contribution is 0.252. The van der Waals surface area contributed by atoms with Gasteiger partial charge in [-0.3, -0.25) is 4.98 Å². The average molecular weight is 259 g/mol. The second-order valence-electron chi connectivity index (χ2n) is 6.42. The van der Waals surface area contributed by atoms with Crippen molar-refractivity contribution in [1.29, 1.82) is 0 Å². The van der Waals surface area contributed by atoms with Gasteiger partial charge >= 0.3 is 0 Å². The van der Waals surface area contributed by atoms with Crippen LogP contribution in [-0.4, -0.2) is 29.7 Å². The number of hydrogen-bond acceptors (Lipinski definition) is 3. The fraction of sp³-hybridized carbons (Fsp3) is 0.688. The molecule has 3 rings (SSSR count). The number of nitrogens with zero attached hydrogens (tertiary/aromatic N) is 2. The molecule has 2 heterocycles. The minimum absolute atomic E-state index is 0.286. The number of nitrogens with one attached hydrogen (secondary N) is 1. The lowest BCUT2D eigenvalue weighted by Gasteiger charge is -2.48. The summed E-state index contributed by atoms with van der Waals surface area (Å²) in [6, 6.07) is 2.72. The Balaban J connectivity index is 1.89. The molecule has 2 unspecified atom stereocenters. The molecule has 104 valence electrons. The first-order chi connectivity index (χ1) is 9.14. The molecular formula is C16H25N3. The fourth-order valence-corrected chi connectivity index (χ4v) is 3.40. The third-order valence-electron chi connectivity index (χ3n) is 4.95. The Morgan fingerprint density at radius 3 is 2.89 bits per heavy atom. The highest BCUT2D eigenvalue weighted by atomic mass is 15.3. The summed E-state index contributed by atoms with van der Waals surface area (Å²) in [5.41, 5.74) is 2.95. The molecule has 3 nitrogen and oxygen atoms in total. The van der Waals surface area contributed by atoms with Crippen molar-refractivity contribution in [2.75, 3.05) is 18.0 Å². The molecule has 1 N–H and O–H groups in total. The molecule has 0 bridgehead atoms. The number of aromatic nitrogens is 1. The molecule has 2 aliphatic rings. The Bertz CT molecular complexity index is 455. The first-order valence-electron chi connectivity index (χ1n) is 7.56. The number of hydrogen-bond donors (Lipinski definition) is 1. The van der Waals surface area contributed by atoms with Gasteiger partial charge in [0.05, 0.1) is 11.9 Å². The highest BCUT2D eigenvalue weighted by Gasteiger charge is 2.45. The van der Waals surface area contributed by atoms with E-state index in [4.69, 9.17) is 0 Å². The van der Waals surface area contributed by atoms with Gasteiger partial charge in [0.25, 0.3) is 0 Å². The van der Waals surface area contributed by atoms with Crippen LogP contribution < -0.4 is 10.2 Å². The van der Waals surface area contributed by atoms with E-state index in [0.717, 1.165) is 19.0 Å². The second-order valence-corrected chi connectivity index (χ2v) is 6.42. The van der Waals surface area contributed by atoms with Gasteiger partial charge in [0, 0.05) is 30.9 Å². The van der Waals surface area contributed by atoms with Gasteiger partial charge in [-0.2, -0.15) is 0 Å². The molecule has 3 heteroatoms. The van der Waals surface area contributed by atoms with Crippen molar-refractivity contribution in [2.45, 2.75) is 51.6 Å². The average Bonchev–Trinajstić information content (AvgIpc) is 3.24. The van der Waals surface area contributed by atoms with Crippen LogP contribution >= 0.6 is 0 Å². The van der Waals surface area contributed by atoms with E-state index in [2.05, 4.69) is 42.0 Å². The molecule has 2 fully saturated rings. The minimum atomic E-state index is 0.286. The SMILES string of the molecule is CCC1CNC(C)(C2CC2)CN1c1cnccc1C. The lowest BCUT2D eigenvalue weighted by Crippen LogP contribution is -2.64. The highest BCUT2D eigenvalue weighted by molar-refractivity contribution is 5.53. The van der Waals surface area contributed by atoms with Crippen molar-refractivity contribution in [3.05, 3.63) is 24.0 Å². The molecular weight excluding hydrogens is 234 g/mol. The van der Waals surface area contributed by atoms with Crippen LogP contribution in [0.3, 0.4) is 0 Å². The largest absolute Gasteiger partial charge is 0.364 e. The summed E-state index contributed by atoms with van der Waals surface area (Å²) in [4.78, 5) is 6.93. The smallest absolute Gasteiger partial charge is 0.0586 e. The van der Waals surface area contributed by atoms with E-state index in [0.29, 0.717) is 6.04 Å². The van der Waals surface area contributed by atoms with Gasteiger partial charge in [-0.05, 0) is 50.7 Å². The zero-order valence-electron chi connectivity index (χ0n) is 12.3. The van der Waals surface area contributed by atoms with Gasteiger partial charge in [0.1, 0.15) is 0 Å². The summed E-state index contributed by atoms with van der Waals surface area (Å²) in [6.45, 7) is 9.08. The van der Waals surface area contributed by atoms with Crippen molar-refractivity contribution < 1.29 is 0 Å². The van der Waals surface area contributed by atoms with Crippen LogP contribution in [0.4, 0.5) is 5.69 Å². The molecule has 0 radical (unpaired) electrons. The van der Waals surface area contributed by atoms with E-state index >= 15 is 0 Å². The van der Waals surface area contributed by atoms with E-state index in [1.54, 1.807) is 0 Å². The van der Waals surface area contributed by atoms with Crippen molar-refractivity contribution in [3.8, 4) is 0 Å². The number of anilines is 1. The van der Waals surface area contributed by atoms with Gasteiger partial charge in [-0.1, -0.05) is 6.92 Å². The predicted octanol–water partition coefficient (Wildman–Crippen LogP) is 2.75. The third kappa shape index (κ3) is 2.36. The van der Waals surface area contributed by atoms with Crippen LogP contribution in [0.25, 0.3) is 0 Å². The Morgan fingerprint density at radius 1 is 1.47 bits per heavy atom.